The predicted octanol–water partition coefficient (Wildman–Crippen LogP) is 12.2. The highest BCUT2D eigenvalue weighted by Crippen LogP contribution is 2.45. The third kappa shape index (κ3) is 7.53. The Labute approximate surface area is 259 Å². The molecule has 2 aromatic carbocycles. The topological polar surface area (TPSA) is 25.3 Å². The van der Waals surface area contributed by atoms with Gasteiger partial charge in [0, 0.05) is 22.3 Å². The molecule has 0 N–H and O–H groups in total. The smallest absolute Gasteiger partial charge is 0.211 e. The van der Waals surface area contributed by atoms with Crippen LogP contribution in [-0.2, 0) is 38.5 Å². The summed E-state index contributed by atoms with van der Waals surface area (Å²) in [7, 11) is 0. The normalized spacial score (nSPS) is 13.7. The van der Waals surface area contributed by atoms with E-state index in [0.717, 1.165) is 75.6 Å². The van der Waals surface area contributed by atoms with Gasteiger partial charge in [-0.15, -0.1) is 0 Å². The van der Waals surface area contributed by atoms with Crippen LogP contribution in [0.25, 0.3) is 16.9 Å². The van der Waals surface area contributed by atoms with Gasteiger partial charge in [-0.1, -0.05) is 93.9 Å². The molecule has 0 fully saturated rings. The molecule has 42 heavy (non-hydrogen) atoms. The molecule has 0 radical (unpaired) electrons. The second-order valence-electron chi connectivity index (χ2n) is 12.3. The molecule has 0 amide bonds. The van der Waals surface area contributed by atoms with E-state index in [4.69, 9.17) is 0 Å². The Balaban J connectivity index is 2.24. The molecule has 2 heteroatoms. The number of benzene rings is 2. The molecule has 230 valence electrons. The van der Waals surface area contributed by atoms with E-state index in [2.05, 4.69) is 79.7 Å². The zero-order valence-corrected chi connectivity index (χ0v) is 28.5. The van der Waals surface area contributed by atoms with Crippen molar-refractivity contribution in [2.24, 2.45) is 0 Å². The lowest BCUT2D eigenvalue weighted by molar-refractivity contribution is -0.345. The van der Waals surface area contributed by atoms with Crippen molar-refractivity contribution in [3.8, 4) is 0 Å². The molecule has 0 spiro atoms. The van der Waals surface area contributed by atoms with Crippen LogP contribution in [0.1, 0.15) is 164 Å². The summed E-state index contributed by atoms with van der Waals surface area (Å²) in [5, 5.41) is 0. The van der Waals surface area contributed by atoms with E-state index in [0.29, 0.717) is 0 Å². The zero-order valence-electron chi connectivity index (χ0n) is 28.5. The van der Waals surface area contributed by atoms with Gasteiger partial charge in [0.05, 0.1) is 0 Å². The Kier molecular flexibility index (Phi) is 13.7. The van der Waals surface area contributed by atoms with Crippen molar-refractivity contribution >= 4 is 11.4 Å². The van der Waals surface area contributed by atoms with Crippen molar-refractivity contribution in [3.63, 3.8) is 0 Å². The number of rotatable bonds is 18. The quantitative estimate of drug-likeness (QED) is 0.126. The zero-order chi connectivity index (χ0) is 30.6. The Morgan fingerprint density at radius 2 is 0.810 bits per heavy atom. The standard InChI is InChI=1S/C40H60N2/c1-9-17-19-20-21-22-24-38-37(23-18-10-2)39(33-25-29(11-3)35(15-7)30(12-4)26-33)42(41)40(38)34-27-31(13-5)36(16-8)32(14-6)28-34/h25-28H,9-24H2,1-8H3. The third-order valence-corrected chi connectivity index (χ3v) is 9.57. The number of unbranched alkanes of at least 4 members (excludes halogenated alkanes) is 6. The lowest BCUT2D eigenvalue weighted by Crippen LogP contribution is -2.07. The van der Waals surface area contributed by atoms with Crippen LogP contribution in [0.15, 0.2) is 35.4 Å². The molecule has 0 saturated carbocycles. The van der Waals surface area contributed by atoms with Gasteiger partial charge in [0.25, 0.3) is 0 Å². The van der Waals surface area contributed by atoms with Gasteiger partial charge in [0.15, 0.2) is 0 Å². The fourth-order valence-corrected chi connectivity index (χ4v) is 7.26. The summed E-state index contributed by atoms with van der Waals surface area (Å²) in [6.45, 7) is 18.2. The van der Waals surface area contributed by atoms with Gasteiger partial charge >= 0.3 is 0 Å². The third-order valence-electron chi connectivity index (χ3n) is 9.57. The number of allylic oxidation sites excluding steroid dienone is 2. The average Bonchev–Trinajstić information content (AvgIpc) is 3.30. The van der Waals surface area contributed by atoms with Crippen LogP contribution >= 0.6 is 0 Å². The van der Waals surface area contributed by atoms with Gasteiger partial charge in [-0.2, -0.15) is 0 Å². The number of aryl methyl sites for hydroxylation is 4. The first-order valence-electron chi connectivity index (χ1n) is 17.7. The first-order valence-corrected chi connectivity index (χ1v) is 17.7. The Bertz CT molecular complexity index is 1220. The van der Waals surface area contributed by atoms with Gasteiger partial charge in [-0.05, 0) is 122 Å². The second kappa shape index (κ2) is 17.0. The molecule has 0 aliphatic carbocycles. The Morgan fingerprint density at radius 3 is 1.17 bits per heavy atom. The van der Waals surface area contributed by atoms with Crippen molar-refractivity contribution in [1.82, 2.24) is 0 Å². The van der Waals surface area contributed by atoms with E-state index >= 15 is 0 Å². The van der Waals surface area contributed by atoms with Crippen LogP contribution < -0.4 is 0 Å². The van der Waals surface area contributed by atoms with Crippen LogP contribution in [0.5, 0.6) is 0 Å². The molecule has 0 bridgehead atoms. The highest BCUT2D eigenvalue weighted by Gasteiger charge is 2.36. The van der Waals surface area contributed by atoms with Crippen LogP contribution in [0.2, 0.25) is 0 Å². The summed E-state index contributed by atoms with van der Waals surface area (Å²) >= 11 is 0. The summed E-state index contributed by atoms with van der Waals surface area (Å²) in [4.78, 5) is 0. The molecule has 2 nitrogen and oxygen atoms in total. The number of nitrogens with zero attached hydrogens (tertiary/aromatic N) is 2. The minimum Gasteiger partial charge on any atom is -0.493 e. The van der Waals surface area contributed by atoms with Crippen molar-refractivity contribution < 1.29 is 4.70 Å². The van der Waals surface area contributed by atoms with E-state index in [1.807, 2.05) is 0 Å². The molecule has 1 aliphatic rings. The second-order valence-corrected chi connectivity index (χ2v) is 12.3. The molecular weight excluding hydrogens is 508 g/mol. The van der Waals surface area contributed by atoms with Crippen molar-refractivity contribution in [3.05, 3.63) is 85.5 Å². The maximum atomic E-state index is 12.3. The molecular formula is C40H60N2. The minimum atomic E-state index is 1.02. The summed E-state index contributed by atoms with van der Waals surface area (Å²) in [5.74, 6) is 0. The van der Waals surface area contributed by atoms with Crippen LogP contribution in [0.3, 0.4) is 0 Å². The van der Waals surface area contributed by atoms with E-state index < -0.39 is 0 Å². The van der Waals surface area contributed by atoms with E-state index in [1.165, 1.54) is 94.2 Å². The van der Waals surface area contributed by atoms with Crippen LogP contribution in [-0.4, -0.2) is 4.70 Å². The minimum absolute atomic E-state index is 1.02. The summed E-state index contributed by atoms with van der Waals surface area (Å²) in [6, 6.07) is 9.58. The predicted molar refractivity (Wildman–Crippen MR) is 184 cm³/mol. The van der Waals surface area contributed by atoms with Gasteiger partial charge in [-0.3, -0.25) is 0 Å². The monoisotopic (exact) mass is 568 g/mol. The SMILES string of the molecule is CCCCCCCCC1=C(c2cc(CC)c(CC)c(CC)c2)[N+](=[N-])C(c2cc(CC)c(CC)c(CC)c2)=C1CCCC. The van der Waals surface area contributed by atoms with Gasteiger partial charge < -0.3 is 5.53 Å². The van der Waals surface area contributed by atoms with Crippen molar-refractivity contribution in [2.75, 3.05) is 0 Å². The van der Waals surface area contributed by atoms with Crippen molar-refractivity contribution in [2.45, 2.75) is 158 Å². The van der Waals surface area contributed by atoms with Gasteiger partial charge in [0.1, 0.15) is 0 Å². The highest BCUT2D eigenvalue weighted by molar-refractivity contribution is 5.83. The van der Waals surface area contributed by atoms with Gasteiger partial charge in [0.2, 0.25) is 11.4 Å². The maximum Gasteiger partial charge on any atom is 0.211 e. The van der Waals surface area contributed by atoms with Crippen LogP contribution in [0, 0.1) is 0 Å². The van der Waals surface area contributed by atoms with E-state index in [1.54, 1.807) is 4.70 Å². The lowest BCUT2D eigenvalue weighted by atomic mass is 9.88. The molecule has 2 aromatic rings. The fourth-order valence-electron chi connectivity index (χ4n) is 7.26. The summed E-state index contributed by atoms with van der Waals surface area (Å²) in [6.07, 6.45) is 18.3. The first kappa shape index (κ1) is 34.0. The molecule has 1 heterocycles. The molecule has 0 atom stereocenters. The van der Waals surface area contributed by atoms with Gasteiger partial charge in [-0.25, -0.2) is 4.70 Å². The van der Waals surface area contributed by atoms with Crippen molar-refractivity contribution in [1.29, 1.82) is 0 Å². The molecule has 1 aliphatic heterocycles. The van der Waals surface area contributed by atoms with E-state index in [-0.39, 0.29) is 0 Å². The van der Waals surface area contributed by atoms with E-state index in [9.17, 15) is 5.53 Å². The van der Waals surface area contributed by atoms with Crippen LogP contribution in [0.4, 0.5) is 0 Å². The average molecular weight is 569 g/mol. The molecule has 0 unspecified atom stereocenters. The first-order chi connectivity index (χ1) is 20.4. The number of hydrogen-bond acceptors (Lipinski definition) is 0. The summed E-state index contributed by atoms with van der Waals surface area (Å²) in [5.41, 5.74) is 28.3. The maximum absolute atomic E-state index is 12.3. The summed E-state index contributed by atoms with van der Waals surface area (Å²) < 4.78 is 1.62. The Hall–Kier alpha value is -2.48. The Morgan fingerprint density at radius 1 is 0.452 bits per heavy atom. The molecule has 0 aromatic heterocycles. The molecule has 3 rings (SSSR count). The molecule has 0 saturated heterocycles. The lowest BCUT2D eigenvalue weighted by Gasteiger charge is -2.17. The number of hydrogen-bond donors (Lipinski definition) is 0. The fraction of sp³-hybridized carbons (Fsp3) is 0.600. The highest BCUT2D eigenvalue weighted by atomic mass is 15.2. The largest absolute Gasteiger partial charge is 0.493 e.